The molecule has 4 unspecified atom stereocenters. The van der Waals surface area contributed by atoms with Crippen LogP contribution >= 0.6 is 0 Å². The molecule has 1 aromatic rings. The van der Waals surface area contributed by atoms with Crippen molar-refractivity contribution in [2.75, 3.05) is 38.5 Å². The van der Waals surface area contributed by atoms with Gasteiger partial charge in [-0.25, -0.2) is 4.39 Å². The maximum atomic E-state index is 14.7. The molecule has 4 rings (SSSR count). The normalized spacial score (nSPS) is 29.9. The second kappa shape index (κ2) is 11.8. The van der Waals surface area contributed by atoms with Gasteiger partial charge in [0.1, 0.15) is 17.0 Å². The topological polar surface area (TPSA) is 118 Å². The van der Waals surface area contributed by atoms with Crippen molar-refractivity contribution in [1.82, 2.24) is 26.3 Å². The first kappa shape index (κ1) is 26.7. The Balaban J connectivity index is 1.38. The molecule has 0 radical (unpaired) electrons. The second-order valence-corrected chi connectivity index (χ2v) is 10.0. The Morgan fingerprint density at radius 1 is 1.35 bits per heavy atom. The smallest absolute Gasteiger partial charge is 0.240 e. The molecule has 2 saturated heterocycles. The summed E-state index contributed by atoms with van der Waals surface area (Å²) in [6.07, 6.45) is 5.53. The van der Waals surface area contributed by atoms with Gasteiger partial charge in [-0.05, 0) is 37.1 Å². The molecule has 11 heteroatoms. The van der Waals surface area contributed by atoms with Gasteiger partial charge in [-0.15, -0.1) is 12.0 Å². The number of hydrazine groups is 1. The Bertz CT molecular complexity index is 1060. The Morgan fingerprint density at radius 2 is 2.16 bits per heavy atom. The number of benzene rings is 1. The number of carbonyl (C=O) groups excluding carboxylic acids is 2. The van der Waals surface area contributed by atoms with E-state index in [4.69, 9.17) is 0 Å². The van der Waals surface area contributed by atoms with Crippen molar-refractivity contribution in [3.8, 4) is 0 Å². The molecule has 0 bridgehead atoms. The van der Waals surface area contributed by atoms with E-state index >= 15 is 0 Å². The van der Waals surface area contributed by atoms with E-state index in [9.17, 15) is 18.9 Å². The van der Waals surface area contributed by atoms with Crippen LogP contribution in [0.4, 0.5) is 10.1 Å². The monoisotopic (exact) mass is 514 g/mol. The van der Waals surface area contributed by atoms with E-state index < -0.39 is 18.3 Å². The highest BCUT2D eigenvalue weighted by molar-refractivity contribution is 5.81. The average Bonchev–Trinajstić information content (AvgIpc) is 3.22. The molecule has 0 aliphatic carbocycles. The Morgan fingerprint density at radius 3 is 2.89 bits per heavy atom. The predicted octanol–water partition coefficient (Wildman–Crippen LogP) is 0.930. The number of nitrogens with one attached hydrogen (secondary N) is 5. The molecule has 0 spiro atoms. The summed E-state index contributed by atoms with van der Waals surface area (Å²) in [5, 5.41) is 12.4. The van der Waals surface area contributed by atoms with Gasteiger partial charge in [0, 0.05) is 38.3 Å². The highest BCUT2D eigenvalue weighted by Crippen LogP contribution is 2.33. The van der Waals surface area contributed by atoms with Crippen molar-refractivity contribution in [1.29, 1.82) is 0 Å². The standard InChI is InChI=1S/C26H36FN7O3/c1-4-22-18-8-5-9-23(31-24-10-12-33(3)15-21(24)27)19(18)13-17(30-22)7-6-11-28-26(36)20-14-34(37)32-25(20)29-16(2)35/h4-9,17,20-22,24-25,30-31H,1,10-15H2,2-3H3,(H2-,28,29,32,35,36,37)/p+1/b7-6+/t17?,20?,21-,22?,24+,25?/m0/s1. The maximum Gasteiger partial charge on any atom is 0.240 e. The first-order valence-corrected chi connectivity index (χ1v) is 12.8. The van der Waals surface area contributed by atoms with Crippen molar-refractivity contribution >= 4 is 17.5 Å². The molecule has 37 heavy (non-hydrogen) atoms. The van der Waals surface area contributed by atoms with Crippen LogP contribution in [0.15, 0.2) is 43.0 Å². The Kier molecular flexibility index (Phi) is 8.55. The fourth-order valence-electron chi connectivity index (χ4n) is 5.29. The second-order valence-electron chi connectivity index (χ2n) is 10.0. The molecule has 0 saturated carbocycles. The van der Waals surface area contributed by atoms with E-state index in [1.807, 2.05) is 42.3 Å². The number of carbonyl (C=O) groups is 2. The summed E-state index contributed by atoms with van der Waals surface area (Å²) in [5.74, 6) is -1.32. The minimum atomic E-state index is -0.931. The molecule has 6 atom stereocenters. The van der Waals surface area contributed by atoms with Crippen LogP contribution in [0.25, 0.3) is 0 Å². The fourth-order valence-corrected chi connectivity index (χ4v) is 5.29. The Hall–Kier alpha value is -3.31. The van der Waals surface area contributed by atoms with E-state index in [2.05, 4.69) is 39.3 Å². The van der Waals surface area contributed by atoms with Crippen molar-refractivity contribution in [3.63, 3.8) is 0 Å². The number of alkyl halides is 1. The highest BCUT2D eigenvalue weighted by atomic mass is 19.1. The molecule has 2 amide bonds. The van der Waals surface area contributed by atoms with Gasteiger partial charge in [0.15, 0.2) is 6.17 Å². The summed E-state index contributed by atoms with van der Waals surface area (Å²) in [6.45, 7) is 6.84. The third kappa shape index (κ3) is 6.53. The van der Waals surface area contributed by atoms with Crippen molar-refractivity contribution in [2.24, 2.45) is 5.92 Å². The first-order valence-electron chi connectivity index (χ1n) is 12.8. The Labute approximate surface area is 216 Å². The molecule has 5 N–H and O–H groups in total. The van der Waals surface area contributed by atoms with Crippen LogP contribution in [-0.4, -0.2) is 79.2 Å². The van der Waals surface area contributed by atoms with Gasteiger partial charge in [-0.3, -0.25) is 9.59 Å². The van der Waals surface area contributed by atoms with Gasteiger partial charge < -0.3 is 26.2 Å². The zero-order valence-corrected chi connectivity index (χ0v) is 21.4. The number of rotatable bonds is 8. The lowest BCUT2D eigenvalue weighted by Gasteiger charge is -2.36. The number of amides is 2. The van der Waals surface area contributed by atoms with Crippen molar-refractivity contribution < 1.29 is 18.8 Å². The molecule has 0 aromatic heterocycles. The van der Waals surface area contributed by atoms with Crippen LogP contribution in [0, 0.1) is 10.8 Å². The number of nitroso groups, excluding NO2 is 1. The minimum Gasteiger partial charge on any atom is -0.379 e. The van der Waals surface area contributed by atoms with Gasteiger partial charge in [-0.2, -0.15) is 0 Å². The zero-order valence-electron chi connectivity index (χ0n) is 21.4. The van der Waals surface area contributed by atoms with Crippen LogP contribution in [-0.2, 0) is 16.0 Å². The average molecular weight is 515 g/mol. The van der Waals surface area contributed by atoms with Gasteiger partial charge in [0.2, 0.25) is 18.4 Å². The zero-order chi connectivity index (χ0) is 26.5. The molecule has 10 nitrogen and oxygen atoms in total. The van der Waals surface area contributed by atoms with Crippen LogP contribution in [0.1, 0.15) is 30.5 Å². The number of halogens is 1. The number of hydrogen-bond acceptors (Lipinski definition) is 6. The largest absolute Gasteiger partial charge is 0.379 e. The van der Waals surface area contributed by atoms with E-state index in [1.54, 1.807) is 0 Å². The van der Waals surface area contributed by atoms with E-state index in [-0.39, 0.29) is 43.0 Å². The van der Waals surface area contributed by atoms with Crippen LogP contribution in [0.2, 0.25) is 0 Å². The number of hydrogen-bond donors (Lipinski definition) is 5. The molecule has 200 valence electrons. The number of fused-ring (bicyclic) bond motifs is 1. The van der Waals surface area contributed by atoms with Gasteiger partial charge >= 0.3 is 0 Å². The van der Waals surface area contributed by atoms with Gasteiger partial charge in [0.05, 0.1) is 17.0 Å². The van der Waals surface area contributed by atoms with Crippen LogP contribution in [0.5, 0.6) is 0 Å². The summed E-state index contributed by atoms with van der Waals surface area (Å²) >= 11 is 0. The molecule has 3 heterocycles. The highest BCUT2D eigenvalue weighted by Gasteiger charge is 2.44. The predicted molar refractivity (Wildman–Crippen MR) is 139 cm³/mol. The molecule has 3 aliphatic rings. The summed E-state index contributed by atoms with van der Waals surface area (Å²) in [6, 6.07) is 5.78. The summed E-state index contributed by atoms with van der Waals surface area (Å²) < 4.78 is 14.7. The fraction of sp³-hybridized carbons (Fsp3) is 0.538. The maximum absolute atomic E-state index is 14.7. The van der Waals surface area contributed by atoms with Crippen molar-refractivity contribution in [3.05, 3.63) is 59.0 Å². The third-order valence-electron chi connectivity index (χ3n) is 7.19. The third-order valence-corrected chi connectivity index (χ3v) is 7.19. The van der Waals surface area contributed by atoms with Crippen molar-refractivity contribution in [2.45, 2.75) is 50.2 Å². The number of likely N-dealkylation sites (tertiary alicyclic amines) is 1. The first-order chi connectivity index (χ1) is 17.7. The SMILES string of the molecule is C=CC1NC(/C=C/CNC(=O)C2C[N+](=O)NC2NC(C)=O)Cc2c(N[C@@H]3CCN(C)C[C@@H]3F)cccc21. The van der Waals surface area contributed by atoms with Crippen LogP contribution < -0.4 is 26.7 Å². The van der Waals surface area contributed by atoms with Gasteiger partial charge in [0.25, 0.3) is 0 Å². The quantitative estimate of drug-likeness (QED) is 0.259. The summed E-state index contributed by atoms with van der Waals surface area (Å²) in [5.41, 5.74) is 5.75. The number of nitrogens with zero attached hydrogens (tertiary/aromatic N) is 2. The lowest BCUT2D eigenvalue weighted by atomic mass is 9.88. The molecule has 3 aliphatic heterocycles. The molecule has 2 fully saturated rings. The van der Waals surface area contributed by atoms with Crippen LogP contribution in [0.3, 0.4) is 0 Å². The molecular weight excluding hydrogens is 477 g/mol. The van der Waals surface area contributed by atoms with Gasteiger partial charge in [-0.1, -0.05) is 30.4 Å². The lowest BCUT2D eigenvalue weighted by Crippen LogP contribution is -2.49. The summed E-state index contributed by atoms with van der Waals surface area (Å²) in [4.78, 5) is 38.2. The number of anilines is 1. The van der Waals surface area contributed by atoms with E-state index in [1.165, 1.54) is 6.92 Å². The van der Waals surface area contributed by atoms with E-state index in [0.717, 1.165) is 29.8 Å². The van der Waals surface area contributed by atoms with E-state index in [0.29, 0.717) is 17.8 Å². The number of piperidine rings is 1. The molecule has 1 aromatic carbocycles. The molecular formula is C26H37FN7O3+. The minimum absolute atomic E-state index is 0.00794. The lowest BCUT2D eigenvalue weighted by molar-refractivity contribution is -0.589. The summed E-state index contributed by atoms with van der Waals surface area (Å²) in [7, 11) is 1.94.